The zero-order valence-electron chi connectivity index (χ0n) is 4.34. The number of halogens is 1. The number of thiol groups is 1. The molecule has 1 radical (unpaired) electrons. The summed E-state index contributed by atoms with van der Waals surface area (Å²) < 4.78 is 19.8. The number of hydrogen-bond donors (Lipinski definition) is 1. The summed E-state index contributed by atoms with van der Waals surface area (Å²) in [5.74, 6) is 0.250. The van der Waals surface area contributed by atoms with E-state index >= 15 is 0 Å². The molecule has 49 valence electrons. The highest BCUT2D eigenvalue weighted by Crippen LogP contribution is 1.95. The molecule has 0 aromatic heterocycles. The molecule has 0 heterocycles. The van der Waals surface area contributed by atoms with E-state index in [0.29, 0.717) is 5.88 Å². The Morgan fingerprint density at radius 3 is 2.25 bits per heavy atom. The van der Waals surface area contributed by atoms with Crippen LogP contribution in [0.1, 0.15) is 0 Å². The molecule has 0 spiro atoms. The molecule has 0 amide bonds. The van der Waals surface area contributed by atoms with Gasteiger partial charge in [0, 0.05) is 5.88 Å². The van der Waals surface area contributed by atoms with Gasteiger partial charge in [-0.2, -0.15) is 0 Å². The summed E-state index contributed by atoms with van der Waals surface area (Å²) in [6.07, 6.45) is 0. The highest BCUT2D eigenvalue weighted by atomic mass is 35.5. The molecule has 0 N–H and O–H groups in total. The predicted molar refractivity (Wildman–Crippen MR) is 34.7 cm³/mol. The van der Waals surface area contributed by atoms with Gasteiger partial charge in [-0.3, -0.25) is 0 Å². The first-order valence-electron chi connectivity index (χ1n) is 2.17. The van der Waals surface area contributed by atoms with E-state index in [-0.39, 0.29) is 11.7 Å². The Hall–Kier alpha value is 0.240. The molecule has 2 nitrogen and oxygen atoms in total. The van der Waals surface area contributed by atoms with E-state index in [4.69, 9.17) is 11.6 Å². The van der Waals surface area contributed by atoms with Crippen molar-refractivity contribution in [2.24, 2.45) is 5.92 Å². The molecule has 1 atom stereocenters. The van der Waals surface area contributed by atoms with E-state index < -0.39 is 10.7 Å². The van der Waals surface area contributed by atoms with Crippen LogP contribution < -0.4 is 0 Å². The fourth-order valence-corrected chi connectivity index (χ4v) is 1.07. The van der Waals surface area contributed by atoms with Gasteiger partial charge in [-0.1, -0.05) is 0 Å². The Kier molecular flexibility index (Phi) is 4.28. The minimum Gasteiger partial charge on any atom is -0.232 e. The third-order valence-corrected chi connectivity index (χ3v) is 1.88. The Labute approximate surface area is 55.8 Å². The van der Waals surface area contributed by atoms with Crippen molar-refractivity contribution < 1.29 is 8.42 Å². The Balaban J connectivity index is 3.39. The van der Waals surface area contributed by atoms with Crippen LogP contribution in [-0.4, -0.2) is 20.1 Å². The highest BCUT2D eigenvalue weighted by Gasteiger charge is 1.98. The zero-order valence-corrected chi connectivity index (χ0v) is 5.99. The lowest BCUT2D eigenvalue weighted by Gasteiger charge is -1.96. The van der Waals surface area contributed by atoms with Gasteiger partial charge < -0.3 is 0 Å². The number of hydrogen-bond acceptors (Lipinski definition) is 2. The second-order valence-corrected chi connectivity index (χ2v) is 2.87. The van der Waals surface area contributed by atoms with Gasteiger partial charge in [0.05, 0.1) is 5.75 Å². The molecule has 0 aliphatic carbocycles. The lowest BCUT2D eigenvalue weighted by Crippen LogP contribution is -2.03. The summed E-state index contributed by atoms with van der Waals surface area (Å²) in [4.78, 5) is 0. The quantitative estimate of drug-likeness (QED) is 0.470. The Bertz CT molecular complexity index is 113. The lowest BCUT2D eigenvalue weighted by molar-refractivity contribution is 0.607. The third-order valence-electron chi connectivity index (χ3n) is 0.625. The molecule has 0 aromatic rings. The predicted octanol–water partition coefficient (Wildman–Crippen LogP) is 0.287. The minimum absolute atomic E-state index is 0.0961. The van der Waals surface area contributed by atoms with Gasteiger partial charge in [-0.25, -0.2) is 8.42 Å². The monoisotopic (exact) mass is 155 g/mol. The van der Waals surface area contributed by atoms with Crippen molar-refractivity contribution in [1.29, 1.82) is 0 Å². The maximum absolute atomic E-state index is 9.91. The van der Waals surface area contributed by atoms with Gasteiger partial charge in [0.2, 0.25) is 0 Å². The second-order valence-electron chi connectivity index (χ2n) is 1.54. The zero-order chi connectivity index (χ0) is 6.57. The summed E-state index contributed by atoms with van der Waals surface area (Å²) in [6, 6.07) is 0. The average Bonchev–Trinajstić information content (AvgIpc) is 1.65. The first-order chi connectivity index (χ1) is 3.66. The van der Waals surface area contributed by atoms with Crippen molar-refractivity contribution in [1.82, 2.24) is 0 Å². The maximum Gasteiger partial charge on any atom is 0.140 e. The summed E-state index contributed by atoms with van der Waals surface area (Å²) in [7, 11) is -2.29. The Morgan fingerprint density at radius 1 is 1.62 bits per heavy atom. The van der Waals surface area contributed by atoms with Gasteiger partial charge in [0.25, 0.3) is 0 Å². The smallest absolute Gasteiger partial charge is 0.140 e. The highest BCUT2D eigenvalue weighted by molar-refractivity contribution is 7.72. The first kappa shape index (κ1) is 8.24. The number of rotatable bonds is 3. The maximum atomic E-state index is 9.91. The minimum atomic E-state index is -2.29. The van der Waals surface area contributed by atoms with Crippen molar-refractivity contribution in [3.05, 3.63) is 6.92 Å². The molecule has 4 heteroatoms. The molecular weight excluding hydrogens is 148 g/mol. The van der Waals surface area contributed by atoms with Crippen LogP contribution in [0, 0.1) is 12.8 Å². The van der Waals surface area contributed by atoms with Crippen molar-refractivity contribution in [3.63, 3.8) is 0 Å². The molecule has 0 bridgehead atoms. The molecule has 0 saturated heterocycles. The number of alkyl halides is 1. The molecule has 1 unspecified atom stereocenters. The van der Waals surface area contributed by atoms with Gasteiger partial charge in [0.1, 0.15) is 10.7 Å². The van der Waals surface area contributed by atoms with Gasteiger partial charge in [0.15, 0.2) is 0 Å². The van der Waals surface area contributed by atoms with Crippen LogP contribution in [0.3, 0.4) is 0 Å². The fraction of sp³-hybridized carbons (Fsp3) is 0.750. The molecular formula is C4H8ClO2S. The van der Waals surface area contributed by atoms with Crippen molar-refractivity contribution in [3.8, 4) is 0 Å². The molecule has 0 aliphatic rings. The van der Waals surface area contributed by atoms with E-state index in [1.807, 2.05) is 0 Å². The first-order valence-corrected chi connectivity index (χ1v) is 4.07. The van der Waals surface area contributed by atoms with Crippen LogP contribution in [0.15, 0.2) is 0 Å². The van der Waals surface area contributed by atoms with Gasteiger partial charge in [-0.15, -0.1) is 11.6 Å². The second kappa shape index (κ2) is 4.15. The van der Waals surface area contributed by atoms with Crippen molar-refractivity contribution in [2.75, 3.05) is 11.6 Å². The van der Waals surface area contributed by atoms with Crippen LogP contribution in [0.2, 0.25) is 0 Å². The molecule has 0 saturated carbocycles. The molecule has 0 rings (SSSR count). The van der Waals surface area contributed by atoms with E-state index in [1.165, 1.54) is 0 Å². The van der Waals surface area contributed by atoms with Crippen molar-refractivity contribution in [2.45, 2.75) is 0 Å². The summed E-state index contributed by atoms with van der Waals surface area (Å²) >= 11 is 5.27. The van der Waals surface area contributed by atoms with Gasteiger partial charge >= 0.3 is 0 Å². The van der Waals surface area contributed by atoms with Crippen LogP contribution in [-0.2, 0) is 10.7 Å². The standard InChI is InChI=1S/C4H8ClO2S/c1-4(2-5)3-8(6)7/h4,8H,1-3H2. The fourth-order valence-electron chi connectivity index (χ4n) is 0.260. The molecule has 0 fully saturated rings. The molecule has 8 heavy (non-hydrogen) atoms. The van der Waals surface area contributed by atoms with Crippen LogP contribution in [0.25, 0.3) is 0 Å². The molecule has 0 aromatic carbocycles. The third kappa shape index (κ3) is 4.40. The van der Waals surface area contributed by atoms with Crippen LogP contribution >= 0.6 is 11.6 Å². The van der Waals surface area contributed by atoms with E-state index in [1.54, 1.807) is 0 Å². The topological polar surface area (TPSA) is 34.1 Å². The average molecular weight is 156 g/mol. The molecule has 0 aliphatic heterocycles. The summed E-state index contributed by atoms with van der Waals surface area (Å²) in [5.41, 5.74) is 0. The lowest BCUT2D eigenvalue weighted by atomic mass is 10.3. The normalized spacial score (nSPS) is 14.4. The SMILES string of the molecule is [CH2]C(CCl)C[SH](=O)=O. The summed E-state index contributed by atoms with van der Waals surface area (Å²) in [6.45, 7) is 3.48. The van der Waals surface area contributed by atoms with Gasteiger partial charge in [-0.05, 0) is 12.8 Å². The van der Waals surface area contributed by atoms with Crippen molar-refractivity contribution >= 4 is 22.3 Å². The summed E-state index contributed by atoms with van der Waals surface area (Å²) in [5, 5.41) is 0. The van der Waals surface area contributed by atoms with E-state index in [0.717, 1.165) is 0 Å². The van der Waals surface area contributed by atoms with E-state index in [2.05, 4.69) is 6.92 Å². The Morgan fingerprint density at radius 2 is 2.12 bits per heavy atom. The largest absolute Gasteiger partial charge is 0.232 e. The van der Waals surface area contributed by atoms with E-state index in [9.17, 15) is 8.42 Å². The van der Waals surface area contributed by atoms with Crippen LogP contribution in [0.4, 0.5) is 0 Å². The van der Waals surface area contributed by atoms with Crippen LogP contribution in [0.5, 0.6) is 0 Å².